The monoisotopic (exact) mass is 567 g/mol. The van der Waals surface area contributed by atoms with Gasteiger partial charge in [0.1, 0.15) is 0 Å². The van der Waals surface area contributed by atoms with E-state index in [2.05, 4.69) is 15.4 Å². The molecule has 0 fully saturated rings. The Hall–Kier alpha value is -3.76. The molecular formula is C29H33N3O5S2. The van der Waals surface area contributed by atoms with E-state index in [1.807, 2.05) is 62.4 Å². The number of ether oxygens (including phenoxy) is 1. The fourth-order valence-electron chi connectivity index (χ4n) is 3.81. The van der Waals surface area contributed by atoms with Gasteiger partial charge in [0.15, 0.2) is 5.11 Å². The highest BCUT2D eigenvalue weighted by atomic mass is 32.2. The second kappa shape index (κ2) is 14.4. The van der Waals surface area contributed by atoms with Gasteiger partial charge in [-0.1, -0.05) is 48.5 Å². The molecule has 3 aromatic rings. The summed E-state index contributed by atoms with van der Waals surface area (Å²) in [5, 5.41) is 5.50. The van der Waals surface area contributed by atoms with Crippen LogP contribution in [0.5, 0.6) is 0 Å². The third-order valence-corrected chi connectivity index (χ3v) is 7.46. The summed E-state index contributed by atoms with van der Waals surface area (Å²) in [5.74, 6) is -0.667. The molecule has 0 bridgehead atoms. The molecular weight excluding hydrogens is 534 g/mol. The summed E-state index contributed by atoms with van der Waals surface area (Å²) in [7, 11) is -3.78. The number of nitrogens with one attached hydrogen (secondary N) is 3. The topological polar surface area (TPSA) is 114 Å². The van der Waals surface area contributed by atoms with Gasteiger partial charge in [-0.2, -0.15) is 0 Å². The third kappa shape index (κ3) is 9.81. The van der Waals surface area contributed by atoms with Crippen LogP contribution in [0.15, 0.2) is 77.7 Å². The fraction of sp³-hybridized carbons (Fsp3) is 0.276. The molecule has 3 rings (SSSR count). The average Bonchev–Trinajstić information content (AvgIpc) is 2.90. The first-order valence-electron chi connectivity index (χ1n) is 12.6. The number of benzene rings is 3. The van der Waals surface area contributed by atoms with Crippen LogP contribution in [0, 0.1) is 13.8 Å². The number of hydrogen-bond acceptors (Lipinski definition) is 6. The van der Waals surface area contributed by atoms with Gasteiger partial charge in [-0.3, -0.25) is 14.3 Å². The SMILES string of the molecule is Cc1cccc(C)c1NS(=O)(=O)c1ccc(NC(=S)NC(=O)CCCC(=O)OCCCc2ccccc2)cc1. The highest BCUT2D eigenvalue weighted by Crippen LogP contribution is 2.24. The van der Waals surface area contributed by atoms with Crippen LogP contribution in [-0.4, -0.2) is 32.0 Å². The maximum atomic E-state index is 12.8. The van der Waals surface area contributed by atoms with Crippen LogP contribution >= 0.6 is 12.2 Å². The van der Waals surface area contributed by atoms with Crippen molar-refractivity contribution in [2.45, 2.75) is 50.8 Å². The van der Waals surface area contributed by atoms with Crippen molar-refractivity contribution in [3.8, 4) is 0 Å². The van der Waals surface area contributed by atoms with E-state index in [4.69, 9.17) is 17.0 Å². The minimum Gasteiger partial charge on any atom is -0.466 e. The number of hydrogen-bond donors (Lipinski definition) is 3. The minimum absolute atomic E-state index is 0.0766. The van der Waals surface area contributed by atoms with Crippen LogP contribution in [0.2, 0.25) is 0 Å². The molecule has 8 nitrogen and oxygen atoms in total. The van der Waals surface area contributed by atoms with E-state index >= 15 is 0 Å². The number of para-hydroxylation sites is 1. The van der Waals surface area contributed by atoms with Gasteiger partial charge in [-0.05, 0) is 86.3 Å². The Morgan fingerprint density at radius 1 is 0.846 bits per heavy atom. The number of rotatable bonds is 12. The molecule has 0 aliphatic carbocycles. The molecule has 1 amide bonds. The maximum absolute atomic E-state index is 12.8. The molecule has 0 unspecified atom stereocenters. The largest absolute Gasteiger partial charge is 0.466 e. The van der Waals surface area contributed by atoms with E-state index < -0.39 is 10.0 Å². The third-order valence-electron chi connectivity index (χ3n) is 5.89. The van der Waals surface area contributed by atoms with Crippen LogP contribution < -0.4 is 15.4 Å². The minimum atomic E-state index is -3.78. The zero-order valence-electron chi connectivity index (χ0n) is 22.0. The van der Waals surface area contributed by atoms with Crippen LogP contribution in [0.4, 0.5) is 11.4 Å². The summed E-state index contributed by atoms with van der Waals surface area (Å²) in [6.07, 6.45) is 2.17. The summed E-state index contributed by atoms with van der Waals surface area (Å²) in [6.45, 7) is 4.02. The van der Waals surface area contributed by atoms with Crippen LogP contribution in [0.3, 0.4) is 0 Å². The second-order valence-electron chi connectivity index (χ2n) is 9.06. The first kappa shape index (κ1) is 29.8. The number of thiocarbonyl (C=S) groups is 1. The molecule has 0 aliphatic heterocycles. The quantitative estimate of drug-likeness (QED) is 0.155. The van der Waals surface area contributed by atoms with E-state index in [9.17, 15) is 18.0 Å². The van der Waals surface area contributed by atoms with Gasteiger partial charge in [0, 0.05) is 18.5 Å². The van der Waals surface area contributed by atoms with Crippen molar-refractivity contribution in [3.63, 3.8) is 0 Å². The lowest BCUT2D eigenvalue weighted by Gasteiger charge is -2.14. The van der Waals surface area contributed by atoms with Crippen LogP contribution in [-0.2, 0) is 30.8 Å². The molecule has 0 aliphatic rings. The van der Waals surface area contributed by atoms with Gasteiger partial charge < -0.3 is 15.4 Å². The molecule has 0 atom stereocenters. The highest BCUT2D eigenvalue weighted by molar-refractivity contribution is 7.92. The van der Waals surface area contributed by atoms with Crippen molar-refractivity contribution in [1.82, 2.24) is 5.32 Å². The molecule has 10 heteroatoms. The zero-order valence-corrected chi connectivity index (χ0v) is 23.7. The van der Waals surface area contributed by atoms with Gasteiger partial charge >= 0.3 is 5.97 Å². The summed E-state index contributed by atoms with van der Waals surface area (Å²) >= 11 is 5.18. The lowest BCUT2D eigenvalue weighted by molar-refractivity contribution is -0.143. The number of carbonyl (C=O) groups is 2. The number of esters is 1. The fourth-order valence-corrected chi connectivity index (χ4v) is 5.24. The Morgan fingerprint density at radius 3 is 2.18 bits per heavy atom. The van der Waals surface area contributed by atoms with Crippen molar-refractivity contribution in [1.29, 1.82) is 0 Å². The van der Waals surface area contributed by atoms with Gasteiger partial charge in [0.2, 0.25) is 5.91 Å². The standard InChI is InChI=1S/C29H33N3O5S2/c1-21-9-6-10-22(2)28(21)32-39(35,36)25-18-16-24(17-19-25)30-29(38)31-26(33)14-7-15-27(34)37-20-8-13-23-11-4-3-5-12-23/h3-6,9-12,16-19,32H,7-8,13-15,20H2,1-2H3,(H2,30,31,33,38). The van der Waals surface area contributed by atoms with Gasteiger partial charge in [-0.25, -0.2) is 8.42 Å². The molecule has 0 radical (unpaired) electrons. The molecule has 3 N–H and O–H groups in total. The molecule has 0 aromatic heterocycles. The second-order valence-corrected chi connectivity index (χ2v) is 11.2. The van der Waals surface area contributed by atoms with Crippen LogP contribution in [0.1, 0.15) is 42.4 Å². The number of carbonyl (C=O) groups excluding carboxylic acids is 2. The summed E-state index contributed by atoms with van der Waals surface area (Å²) in [5.41, 5.74) is 3.92. The van der Waals surface area contributed by atoms with Gasteiger partial charge in [0.05, 0.1) is 17.2 Å². The van der Waals surface area contributed by atoms with E-state index in [-0.39, 0.29) is 34.7 Å². The highest BCUT2D eigenvalue weighted by Gasteiger charge is 2.17. The van der Waals surface area contributed by atoms with Crippen molar-refractivity contribution < 1.29 is 22.7 Å². The predicted molar refractivity (Wildman–Crippen MR) is 157 cm³/mol. The van der Waals surface area contributed by atoms with E-state index in [0.29, 0.717) is 24.4 Å². The number of sulfonamides is 1. The van der Waals surface area contributed by atoms with Gasteiger partial charge in [-0.15, -0.1) is 0 Å². The smallest absolute Gasteiger partial charge is 0.305 e. The molecule has 0 saturated heterocycles. The number of aryl methyl sites for hydroxylation is 3. The Kier molecular flexibility index (Phi) is 11.0. The summed E-state index contributed by atoms with van der Waals surface area (Å²) in [6, 6.07) is 21.6. The first-order valence-corrected chi connectivity index (χ1v) is 14.5. The molecule has 0 heterocycles. The Balaban J connectivity index is 1.36. The predicted octanol–water partition coefficient (Wildman–Crippen LogP) is 5.26. The average molecular weight is 568 g/mol. The van der Waals surface area contributed by atoms with Crippen molar-refractivity contribution in [3.05, 3.63) is 89.5 Å². The van der Waals surface area contributed by atoms with Crippen molar-refractivity contribution >= 4 is 50.6 Å². The molecule has 3 aromatic carbocycles. The molecule has 0 saturated carbocycles. The zero-order chi connectivity index (χ0) is 28.3. The molecule has 39 heavy (non-hydrogen) atoms. The van der Waals surface area contributed by atoms with E-state index in [1.165, 1.54) is 17.7 Å². The first-order chi connectivity index (χ1) is 18.6. The van der Waals surface area contributed by atoms with E-state index in [1.54, 1.807) is 12.1 Å². The Morgan fingerprint density at radius 2 is 1.51 bits per heavy atom. The molecule has 0 spiro atoms. The van der Waals surface area contributed by atoms with E-state index in [0.717, 1.165) is 24.0 Å². The lowest BCUT2D eigenvalue weighted by Crippen LogP contribution is -2.34. The normalized spacial score (nSPS) is 10.9. The Labute approximate surface area is 235 Å². The van der Waals surface area contributed by atoms with Gasteiger partial charge in [0.25, 0.3) is 10.0 Å². The van der Waals surface area contributed by atoms with Crippen molar-refractivity contribution in [2.24, 2.45) is 0 Å². The number of amides is 1. The van der Waals surface area contributed by atoms with Crippen molar-refractivity contribution in [2.75, 3.05) is 16.6 Å². The number of anilines is 2. The van der Waals surface area contributed by atoms with Crippen LogP contribution in [0.25, 0.3) is 0 Å². The summed E-state index contributed by atoms with van der Waals surface area (Å²) < 4.78 is 33.5. The Bertz CT molecular complexity index is 1370. The maximum Gasteiger partial charge on any atom is 0.305 e. The summed E-state index contributed by atoms with van der Waals surface area (Å²) in [4.78, 5) is 24.2. The molecule has 206 valence electrons. The lowest BCUT2D eigenvalue weighted by atomic mass is 10.1.